The molecule has 0 spiro atoms. The van der Waals surface area contributed by atoms with E-state index < -0.39 is 11.9 Å². The lowest BCUT2D eigenvalue weighted by atomic mass is 10.1. The van der Waals surface area contributed by atoms with Gasteiger partial charge in [-0.2, -0.15) is 0 Å². The molecule has 1 rings (SSSR count). The van der Waals surface area contributed by atoms with E-state index >= 15 is 0 Å². The first-order valence-electron chi connectivity index (χ1n) is 4.79. The molecule has 0 heterocycles. The highest BCUT2D eigenvalue weighted by molar-refractivity contribution is 5.91. The minimum Gasteiger partial charge on any atom is -0.478 e. The van der Waals surface area contributed by atoms with Crippen molar-refractivity contribution in [1.82, 2.24) is 0 Å². The van der Waals surface area contributed by atoms with Gasteiger partial charge in [0, 0.05) is 11.6 Å². The van der Waals surface area contributed by atoms with E-state index in [4.69, 9.17) is 10.2 Å². The fraction of sp³-hybridized carbons (Fsp3) is 0.0769. The topological polar surface area (TPSA) is 74.6 Å². The first-order valence-corrected chi connectivity index (χ1v) is 4.79. The fourth-order valence-corrected chi connectivity index (χ4v) is 0.861. The standard InChI is InChI=1S/C10H10O2.C3H4O2/c1-8(10(11)12)7-9-5-3-2-4-6-9;1-2-3(4)5/h2-7H,1H3,(H,11,12);2H,1H2,(H,4,5). The highest BCUT2D eigenvalue weighted by atomic mass is 16.4. The lowest BCUT2D eigenvalue weighted by Gasteiger charge is -1.93. The number of hydrogen-bond donors (Lipinski definition) is 2. The van der Waals surface area contributed by atoms with Crippen molar-refractivity contribution in [3.63, 3.8) is 0 Å². The predicted octanol–water partition coefficient (Wildman–Crippen LogP) is 2.43. The van der Waals surface area contributed by atoms with E-state index in [9.17, 15) is 9.59 Å². The van der Waals surface area contributed by atoms with E-state index in [1.165, 1.54) is 0 Å². The number of carboxylic acid groups (broad SMARTS) is 2. The Bertz CT molecular complexity index is 418. The molecule has 17 heavy (non-hydrogen) atoms. The Balaban J connectivity index is 0.000000437. The summed E-state index contributed by atoms with van der Waals surface area (Å²) < 4.78 is 0. The van der Waals surface area contributed by atoms with E-state index in [-0.39, 0.29) is 0 Å². The number of benzene rings is 1. The lowest BCUT2D eigenvalue weighted by molar-refractivity contribution is -0.133. The number of hydrogen-bond acceptors (Lipinski definition) is 2. The Kier molecular flexibility index (Phi) is 6.78. The van der Waals surface area contributed by atoms with Crippen LogP contribution in [0, 0.1) is 0 Å². The third-order valence-electron chi connectivity index (χ3n) is 1.69. The van der Waals surface area contributed by atoms with Gasteiger partial charge in [0.15, 0.2) is 0 Å². The van der Waals surface area contributed by atoms with Gasteiger partial charge in [0.05, 0.1) is 0 Å². The molecule has 0 bridgehead atoms. The monoisotopic (exact) mass is 234 g/mol. The summed E-state index contributed by atoms with van der Waals surface area (Å²) in [5, 5.41) is 16.2. The molecule has 0 radical (unpaired) electrons. The van der Waals surface area contributed by atoms with Gasteiger partial charge in [0.25, 0.3) is 0 Å². The summed E-state index contributed by atoms with van der Waals surface area (Å²) in [5.41, 5.74) is 1.26. The summed E-state index contributed by atoms with van der Waals surface area (Å²) >= 11 is 0. The van der Waals surface area contributed by atoms with E-state index in [1.54, 1.807) is 13.0 Å². The molecule has 2 N–H and O–H groups in total. The quantitative estimate of drug-likeness (QED) is 0.787. The second-order valence-electron chi connectivity index (χ2n) is 3.09. The number of aliphatic carboxylic acids is 2. The summed E-state index contributed by atoms with van der Waals surface area (Å²) in [7, 11) is 0. The van der Waals surface area contributed by atoms with Crippen LogP contribution >= 0.6 is 0 Å². The van der Waals surface area contributed by atoms with Gasteiger partial charge in [-0.3, -0.25) is 0 Å². The molecule has 0 amide bonds. The molecule has 0 unspecified atom stereocenters. The van der Waals surface area contributed by atoms with Crippen molar-refractivity contribution in [2.45, 2.75) is 6.92 Å². The van der Waals surface area contributed by atoms with Gasteiger partial charge in [-0.1, -0.05) is 36.9 Å². The minimum absolute atomic E-state index is 0.348. The second-order valence-corrected chi connectivity index (χ2v) is 3.09. The van der Waals surface area contributed by atoms with Crippen molar-refractivity contribution in [2.75, 3.05) is 0 Å². The van der Waals surface area contributed by atoms with Crippen LogP contribution in [0.4, 0.5) is 0 Å². The Labute approximate surface area is 99.5 Å². The molecule has 0 saturated carbocycles. The Morgan fingerprint density at radius 1 is 1.18 bits per heavy atom. The van der Waals surface area contributed by atoms with Crippen LogP contribution in [0.15, 0.2) is 48.6 Å². The zero-order valence-electron chi connectivity index (χ0n) is 9.46. The SMILES string of the molecule is C=CC(=O)O.CC(=Cc1ccccc1)C(=O)O. The van der Waals surface area contributed by atoms with Crippen LogP contribution in [0.1, 0.15) is 12.5 Å². The first-order chi connectivity index (χ1) is 7.97. The third kappa shape index (κ3) is 7.56. The van der Waals surface area contributed by atoms with Crippen molar-refractivity contribution in [1.29, 1.82) is 0 Å². The molecule has 0 aliphatic carbocycles. The number of carboxylic acids is 2. The van der Waals surface area contributed by atoms with Crippen LogP contribution in [0.2, 0.25) is 0 Å². The van der Waals surface area contributed by atoms with Crippen LogP contribution in [-0.4, -0.2) is 22.2 Å². The molecular formula is C13H14O4. The summed E-state index contributed by atoms with van der Waals surface area (Å²) in [4.78, 5) is 19.7. The molecule has 0 aliphatic rings. The molecule has 0 saturated heterocycles. The molecule has 1 aromatic carbocycles. The Hall–Kier alpha value is -2.36. The van der Waals surface area contributed by atoms with Gasteiger partial charge in [-0.05, 0) is 18.6 Å². The number of carbonyl (C=O) groups is 2. The lowest BCUT2D eigenvalue weighted by Crippen LogP contribution is -1.95. The molecule has 4 heteroatoms. The fourth-order valence-electron chi connectivity index (χ4n) is 0.861. The minimum atomic E-state index is -0.981. The molecule has 0 atom stereocenters. The van der Waals surface area contributed by atoms with E-state index in [1.807, 2.05) is 30.3 Å². The summed E-state index contributed by atoms with van der Waals surface area (Å²) in [6.07, 6.45) is 2.47. The Morgan fingerprint density at radius 3 is 2.00 bits per heavy atom. The summed E-state index contributed by atoms with van der Waals surface area (Å²) in [6, 6.07) is 9.38. The van der Waals surface area contributed by atoms with Crippen LogP contribution < -0.4 is 0 Å². The summed E-state index contributed by atoms with van der Waals surface area (Å²) in [6.45, 7) is 4.54. The van der Waals surface area contributed by atoms with Crippen molar-refractivity contribution < 1.29 is 19.8 Å². The highest BCUT2D eigenvalue weighted by Crippen LogP contribution is 2.05. The zero-order chi connectivity index (χ0) is 13.3. The Morgan fingerprint density at radius 2 is 1.65 bits per heavy atom. The summed E-state index contributed by atoms with van der Waals surface area (Å²) in [5.74, 6) is -1.86. The average molecular weight is 234 g/mol. The average Bonchev–Trinajstić information content (AvgIpc) is 2.31. The van der Waals surface area contributed by atoms with Crippen molar-refractivity contribution in [3.8, 4) is 0 Å². The first kappa shape index (κ1) is 14.6. The van der Waals surface area contributed by atoms with Gasteiger partial charge >= 0.3 is 11.9 Å². The highest BCUT2D eigenvalue weighted by Gasteiger charge is 1.98. The third-order valence-corrected chi connectivity index (χ3v) is 1.69. The molecule has 4 nitrogen and oxygen atoms in total. The van der Waals surface area contributed by atoms with Crippen molar-refractivity contribution in [3.05, 3.63) is 54.1 Å². The smallest absolute Gasteiger partial charge is 0.331 e. The van der Waals surface area contributed by atoms with Crippen LogP contribution in [0.5, 0.6) is 0 Å². The maximum Gasteiger partial charge on any atom is 0.331 e. The molecule has 1 aromatic rings. The van der Waals surface area contributed by atoms with E-state index in [2.05, 4.69) is 6.58 Å². The molecule has 0 aromatic heterocycles. The van der Waals surface area contributed by atoms with Gasteiger partial charge in [0.2, 0.25) is 0 Å². The predicted molar refractivity (Wildman–Crippen MR) is 65.6 cm³/mol. The number of rotatable bonds is 3. The van der Waals surface area contributed by atoms with Gasteiger partial charge in [-0.25, -0.2) is 9.59 Å². The van der Waals surface area contributed by atoms with Gasteiger partial charge < -0.3 is 10.2 Å². The van der Waals surface area contributed by atoms with Gasteiger partial charge in [0.1, 0.15) is 0 Å². The molecule has 0 fully saturated rings. The normalized spacial score (nSPS) is 9.82. The van der Waals surface area contributed by atoms with Crippen LogP contribution in [-0.2, 0) is 9.59 Å². The van der Waals surface area contributed by atoms with Crippen LogP contribution in [0.3, 0.4) is 0 Å². The van der Waals surface area contributed by atoms with Crippen LogP contribution in [0.25, 0.3) is 6.08 Å². The van der Waals surface area contributed by atoms with Crippen molar-refractivity contribution in [2.24, 2.45) is 0 Å². The molecule has 90 valence electrons. The second kappa shape index (κ2) is 7.87. The maximum absolute atomic E-state index is 10.4. The van der Waals surface area contributed by atoms with E-state index in [0.717, 1.165) is 11.6 Å². The van der Waals surface area contributed by atoms with Gasteiger partial charge in [-0.15, -0.1) is 0 Å². The molecule has 0 aliphatic heterocycles. The molecular weight excluding hydrogens is 220 g/mol. The van der Waals surface area contributed by atoms with Crippen molar-refractivity contribution >= 4 is 18.0 Å². The zero-order valence-corrected chi connectivity index (χ0v) is 9.46. The van der Waals surface area contributed by atoms with E-state index in [0.29, 0.717) is 5.57 Å². The maximum atomic E-state index is 10.4. The largest absolute Gasteiger partial charge is 0.478 e.